The van der Waals surface area contributed by atoms with E-state index in [0.29, 0.717) is 18.8 Å². The Morgan fingerprint density at radius 1 is 1.14 bits per heavy atom. The number of hydrogen-bond acceptors (Lipinski definition) is 6. The highest BCUT2D eigenvalue weighted by atomic mass is 16.5. The van der Waals surface area contributed by atoms with Crippen LogP contribution in [0.1, 0.15) is 24.0 Å². The number of nitrogens with two attached hydrogens (primary N) is 1. The number of benzene rings is 2. The molecule has 6 nitrogen and oxygen atoms in total. The third kappa shape index (κ3) is 6.20. The van der Waals surface area contributed by atoms with E-state index in [0.717, 1.165) is 29.5 Å². The van der Waals surface area contributed by atoms with Crippen LogP contribution in [0.4, 0.5) is 0 Å². The molecule has 1 unspecified atom stereocenters. The minimum atomic E-state index is -0.693. The van der Waals surface area contributed by atoms with Crippen molar-refractivity contribution in [3.63, 3.8) is 0 Å². The number of allylic oxidation sites excluding steroid dienone is 3. The number of ether oxygens (including phenoxy) is 2. The van der Waals surface area contributed by atoms with Crippen molar-refractivity contribution in [3.8, 4) is 11.5 Å². The predicted octanol–water partition coefficient (Wildman–Crippen LogP) is 3.17. The Balaban J connectivity index is 1.59. The maximum absolute atomic E-state index is 12.4. The Morgan fingerprint density at radius 2 is 1.97 bits per heavy atom. The zero-order valence-corrected chi connectivity index (χ0v) is 16.2. The maximum atomic E-state index is 12.4. The second-order valence-corrected chi connectivity index (χ2v) is 6.90. The summed E-state index contributed by atoms with van der Waals surface area (Å²) in [7, 11) is 0. The molecule has 1 aliphatic carbocycles. The number of nitrogens with one attached hydrogen (secondary N) is 1. The molecule has 1 aliphatic rings. The number of hydrazine groups is 1. The Bertz CT molecular complexity index is 878. The quantitative estimate of drug-likeness (QED) is 0.344. The van der Waals surface area contributed by atoms with Gasteiger partial charge in [0, 0.05) is 0 Å². The van der Waals surface area contributed by atoms with Crippen LogP contribution >= 0.6 is 0 Å². The largest absolute Gasteiger partial charge is 0.504 e. The molecule has 0 saturated carbocycles. The number of phenolic OH excluding ortho intramolecular Hbond substituents is 1. The van der Waals surface area contributed by atoms with E-state index in [4.69, 9.17) is 15.3 Å². The van der Waals surface area contributed by atoms with Crippen LogP contribution in [0.5, 0.6) is 11.5 Å². The van der Waals surface area contributed by atoms with Crippen molar-refractivity contribution < 1.29 is 19.4 Å². The molecule has 1 atom stereocenters. The first-order valence-corrected chi connectivity index (χ1v) is 9.61. The zero-order chi connectivity index (χ0) is 20.5. The van der Waals surface area contributed by atoms with Gasteiger partial charge in [-0.3, -0.25) is 10.6 Å². The van der Waals surface area contributed by atoms with Gasteiger partial charge in [-0.15, -0.1) is 0 Å². The molecule has 6 heteroatoms. The van der Waals surface area contributed by atoms with Crippen LogP contribution in [-0.2, 0) is 22.6 Å². The molecule has 0 aromatic heterocycles. The van der Waals surface area contributed by atoms with Crippen molar-refractivity contribution in [2.75, 3.05) is 6.61 Å². The molecule has 0 fully saturated rings. The number of esters is 1. The molecule has 3 rings (SSSR count). The topological polar surface area (TPSA) is 93.8 Å². The van der Waals surface area contributed by atoms with Crippen LogP contribution in [0, 0.1) is 0 Å². The molecule has 0 radical (unpaired) electrons. The van der Waals surface area contributed by atoms with E-state index in [9.17, 15) is 9.90 Å². The summed E-state index contributed by atoms with van der Waals surface area (Å²) in [6.45, 7) is 0.602. The van der Waals surface area contributed by atoms with Crippen molar-refractivity contribution in [1.82, 2.24) is 5.43 Å². The summed E-state index contributed by atoms with van der Waals surface area (Å²) >= 11 is 0. The first-order chi connectivity index (χ1) is 14.2. The van der Waals surface area contributed by atoms with Gasteiger partial charge in [-0.1, -0.05) is 54.6 Å². The lowest BCUT2D eigenvalue weighted by Crippen LogP contribution is -2.44. The normalized spacial score (nSPS) is 14.2. The summed E-state index contributed by atoms with van der Waals surface area (Å²) in [5.41, 5.74) is 5.39. The second-order valence-electron chi connectivity index (χ2n) is 6.90. The first kappa shape index (κ1) is 20.6. The van der Waals surface area contributed by atoms with Crippen LogP contribution in [0.2, 0.25) is 0 Å². The van der Waals surface area contributed by atoms with Gasteiger partial charge in [0.25, 0.3) is 0 Å². The molecule has 0 heterocycles. The summed E-state index contributed by atoms with van der Waals surface area (Å²) in [5, 5.41) is 10.1. The van der Waals surface area contributed by atoms with Crippen LogP contribution in [0.15, 0.2) is 72.3 Å². The molecule has 152 valence electrons. The first-order valence-electron chi connectivity index (χ1n) is 9.61. The van der Waals surface area contributed by atoms with Crippen molar-refractivity contribution >= 4 is 5.97 Å². The minimum Gasteiger partial charge on any atom is -0.504 e. The van der Waals surface area contributed by atoms with Crippen LogP contribution in [0.3, 0.4) is 0 Å². The smallest absolute Gasteiger partial charge is 0.325 e. The fraction of sp³-hybridized carbons (Fsp3) is 0.261. The van der Waals surface area contributed by atoms with Gasteiger partial charge in [-0.25, -0.2) is 5.43 Å². The monoisotopic (exact) mass is 394 g/mol. The molecule has 0 amide bonds. The number of rotatable bonds is 9. The predicted molar refractivity (Wildman–Crippen MR) is 111 cm³/mol. The van der Waals surface area contributed by atoms with Crippen LogP contribution in [-0.4, -0.2) is 23.7 Å². The number of hydrogen-bond donors (Lipinski definition) is 3. The van der Waals surface area contributed by atoms with E-state index < -0.39 is 12.0 Å². The van der Waals surface area contributed by atoms with Crippen molar-refractivity contribution in [1.29, 1.82) is 0 Å². The van der Waals surface area contributed by atoms with Gasteiger partial charge >= 0.3 is 5.97 Å². The molecular weight excluding hydrogens is 368 g/mol. The summed E-state index contributed by atoms with van der Waals surface area (Å²) in [5.74, 6) is 5.56. The highest BCUT2D eigenvalue weighted by Crippen LogP contribution is 2.28. The summed E-state index contributed by atoms with van der Waals surface area (Å²) < 4.78 is 11.1. The number of aromatic hydroxyl groups is 1. The molecule has 0 bridgehead atoms. The molecule has 2 aromatic carbocycles. The van der Waals surface area contributed by atoms with E-state index in [1.807, 2.05) is 42.5 Å². The van der Waals surface area contributed by atoms with Gasteiger partial charge in [0.1, 0.15) is 19.3 Å². The second kappa shape index (κ2) is 10.5. The van der Waals surface area contributed by atoms with Gasteiger partial charge in [-0.2, -0.15) is 0 Å². The van der Waals surface area contributed by atoms with Gasteiger partial charge in [-0.05, 0) is 48.1 Å². The Kier molecular flexibility index (Phi) is 7.44. The molecule has 4 N–H and O–H groups in total. The minimum absolute atomic E-state index is 0.0433. The third-order valence-corrected chi connectivity index (χ3v) is 4.69. The van der Waals surface area contributed by atoms with E-state index in [1.165, 1.54) is 0 Å². The van der Waals surface area contributed by atoms with E-state index in [1.54, 1.807) is 18.2 Å². The summed E-state index contributed by atoms with van der Waals surface area (Å²) in [6.07, 6.45) is 8.19. The molecular formula is C23H26N2O4. The molecule has 29 heavy (non-hydrogen) atoms. The van der Waals surface area contributed by atoms with Crippen molar-refractivity contribution in [3.05, 3.63) is 83.5 Å². The molecule has 0 aliphatic heterocycles. The lowest BCUT2D eigenvalue weighted by molar-refractivity contribution is -0.145. The highest BCUT2D eigenvalue weighted by Gasteiger charge is 2.20. The maximum Gasteiger partial charge on any atom is 0.325 e. The third-order valence-electron chi connectivity index (χ3n) is 4.69. The Morgan fingerprint density at radius 3 is 2.69 bits per heavy atom. The van der Waals surface area contributed by atoms with E-state index in [-0.39, 0.29) is 12.4 Å². The summed E-state index contributed by atoms with van der Waals surface area (Å²) in [6, 6.07) is 14.0. The molecule has 0 saturated heterocycles. The number of carbonyl (C=O) groups excluding carboxylic acids is 1. The van der Waals surface area contributed by atoms with E-state index >= 15 is 0 Å². The Labute approximate surface area is 170 Å². The standard InChI is InChI=1S/C23H26N2O4/c24-25-20(23(27)29-16-18-9-5-2-6-10-18)13-19-11-12-21(26)22(14-19)28-15-17-7-3-1-4-8-17/h1-5,7-9,11-12,14,20,25-26H,6,10,13,15-16,24H2. The van der Waals surface area contributed by atoms with Gasteiger partial charge < -0.3 is 14.6 Å². The summed E-state index contributed by atoms with van der Waals surface area (Å²) in [4.78, 5) is 12.4. The lowest BCUT2D eigenvalue weighted by Gasteiger charge is -2.17. The number of carbonyl (C=O) groups is 1. The lowest BCUT2D eigenvalue weighted by atomic mass is 10.1. The fourth-order valence-corrected chi connectivity index (χ4v) is 3.02. The fourth-order valence-electron chi connectivity index (χ4n) is 3.02. The zero-order valence-electron chi connectivity index (χ0n) is 16.2. The Hall–Kier alpha value is -3.09. The van der Waals surface area contributed by atoms with Crippen molar-refractivity contribution in [2.45, 2.75) is 31.9 Å². The van der Waals surface area contributed by atoms with Crippen molar-refractivity contribution in [2.24, 2.45) is 5.84 Å². The highest BCUT2D eigenvalue weighted by molar-refractivity contribution is 5.76. The van der Waals surface area contributed by atoms with E-state index in [2.05, 4.69) is 11.5 Å². The SMILES string of the molecule is NNC(Cc1ccc(O)c(OCc2ccccc2)c1)C(=O)OCC1=CC=CCC1. The van der Waals surface area contributed by atoms with Crippen LogP contribution < -0.4 is 16.0 Å². The average Bonchev–Trinajstić information content (AvgIpc) is 2.77. The van der Waals surface area contributed by atoms with Gasteiger partial charge in [0.2, 0.25) is 0 Å². The average molecular weight is 394 g/mol. The van der Waals surface area contributed by atoms with Crippen LogP contribution in [0.25, 0.3) is 0 Å². The molecule has 0 spiro atoms. The van der Waals surface area contributed by atoms with Gasteiger partial charge in [0.15, 0.2) is 11.5 Å². The molecule has 2 aromatic rings. The van der Waals surface area contributed by atoms with Gasteiger partial charge in [0.05, 0.1) is 0 Å². The number of phenols is 1.